The Labute approximate surface area is 152 Å². The van der Waals surface area contributed by atoms with Gasteiger partial charge in [-0.1, -0.05) is 48.2 Å². The summed E-state index contributed by atoms with van der Waals surface area (Å²) in [6.07, 6.45) is 7.47. The number of hydrogen-bond donors (Lipinski definition) is 0. The predicted octanol–water partition coefficient (Wildman–Crippen LogP) is 4.63. The third-order valence-electron chi connectivity index (χ3n) is 5.30. The van der Waals surface area contributed by atoms with Crippen molar-refractivity contribution in [3.63, 3.8) is 0 Å². The minimum absolute atomic E-state index is 0.0881. The summed E-state index contributed by atoms with van der Waals surface area (Å²) in [5, 5.41) is 4.73. The molecule has 0 spiro atoms. The third-order valence-corrected chi connectivity index (χ3v) is 5.54. The first-order valence-corrected chi connectivity index (χ1v) is 9.50. The van der Waals surface area contributed by atoms with Crippen LogP contribution in [0.3, 0.4) is 0 Å². The molecule has 132 valence electrons. The Hall–Kier alpha value is -1.88. The highest BCUT2D eigenvalue weighted by Gasteiger charge is 2.37. The SMILES string of the molecule is O=C(C1CCCCC1)N1CCCC1c1nc(-c2cccc(Cl)c2)no1. The second kappa shape index (κ2) is 7.16. The lowest BCUT2D eigenvalue weighted by atomic mass is 9.88. The first-order valence-electron chi connectivity index (χ1n) is 9.12. The van der Waals surface area contributed by atoms with Crippen molar-refractivity contribution in [3.8, 4) is 11.4 Å². The van der Waals surface area contributed by atoms with Gasteiger partial charge in [-0.3, -0.25) is 4.79 Å². The van der Waals surface area contributed by atoms with Crippen molar-refractivity contribution in [2.75, 3.05) is 6.54 Å². The van der Waals surface area contributed by atoms with Crippen LogP contribution in [-0.2, 0) is 4.79 Å². The Bertz CT molecular complexity index is 755. The second-order valence-electron chi connectivity index (χ2n) is 6.99. The van der Waals surface area contributed by atoms with E-state index in [1.165, 1.54) is 6.42 Å². The number of carbonyl (C=O) groups excluding carboxylic acids is 1. The number of amides is 1. The number of halogens is 1. The summed E-state index contributed by atoms with van der Waals surface area (Å²) in [4.78, 5) is 19.4. The molecule has 2 heterocycles. The van der Waals surface area contributed by atoms with Gasteiger partial charge in [0.15, 0.2) is 0 Å². The van der Waals surface area contributed by atoms with Crippen molar-refractivity contribution in [1.29, 1.82) is 0 Å². The zero-order chi connectivity index (χ0) is 17.2. The predicted molar refractivity (Wildman–Crippen MR) is 95.0 cm³/mol. The van der Waals surface area contributed by atoms with Gasteiger partial charge in [0.05, 0.1) is 0 Å². The summed E-state index contributed by atoms with van der Waals surface area (Å²) in [6, 6.07) is 7.31. The summed E-state index contributed by atoms with van der Waals surface area (Å²) in [5.74, 6) is 1.50. The molecule has 2 aromatic rings. The number of aromatic nitrogens is 2. The molecule has 1 unspecified atom stereocenters. The third kappa shape index (κ3) is 3.43. The zero-order valence-electron chi connectivity index (χ0n) is 14.2. The van der Waals surface area contributed by atoms with Crippen LogP contribution in [0.25, 0.3) is 11.4 Å². The first-order chi connectivity index (χ1) is 12.2. The fourth-order valence-corrected chi connectivity index (χ4v) is 4.18. The van der Waals surface area contributed by atoms with Crippen molar-refractivity contribution in [1.82, 2.24) is 15.0 Å². The minimum Gasteiger partial charge on any atom is -0.337 e. The van der Waals surface area contributed by atoms with Crippen LogP contribution in [0, 0.1) is 5.92 Å². The second-order valence-corrected chi connectivity index (χ2v) is 7.43. The summed E-state index contributed by atoms with van der Waals surface area (Å²) in [6.45, 7) is 0.787. The molecule has 4 rings (SSSR count). The highest BCUT2D eigenvalue weighted by atomic mass is 35.5. The molecule has 6 heteroatoms. The molecule has 1 saturated carbocycles. The van der Waals surface area contributed by atoms with Crippen molar-refractivity contribution in [2.24, 2.45) is 5.92 Å². The Kier molecular flexibility index (Phi) is 4.75. The molecule has 2 fully saturated rings. The zero-order valence-corrected chi connectivity index (χ0v) is 14.9. The maximum absolute atomic E-state index is 12.9. The van der Waals surface area contributed by atoms with E-state index in [0.717, 1.165) is 50.6 Å². The van der Waals surface area contributed by atoms with E-state index in [4.69, 9.17) is 16.1 Å². The maximum Gasteiger partial charge on any atom is 0.249 e. The number of likely N-dealkylation sites (tertiary alicyclic amines) is 1. The molecule has 1 aromatic heterocycles. The topological polar surface area (TPSA) is 59.2 Å². The lowest BCUT2D eigenvalue weighted by Gasteiger charge is -2.29. The quantitative estimate of drug-likeness (QED) is 0.801. The van der Waals surface area contributed by atoms with Gasteiger partial charge in [0, 0.05) is 23.0 Å². The van der Waals surface area contributed by atoms with Gasteiger partial charge < -0.3 is 9.42 Å². The van der Waals surface area contributed by atoms with Crippen LogP contribution in [0.4, 0.5) is 0 Å². The van der Waals surface area contributed by atoms with Gasteiger partial charge in [0.25, 0.3) is 0 Å². The van der Waals surface area contributed by atoms with E-state index in [1.54, 1.807) is 0 Å². The number of benzene rings is 1. The van der Waals surface area contributed by atoms with E-state index in [1.807, 2.05) is 29.2 Å². The summed E-state index contributed by atoms with van der Waals surface area (Å²) in [7, 11) is 0. The van der Waals surface area contributed by atoms with E-state index in [0.29, 0.717) is 16.7 Å². The Morgan fingerprint density at radius 1 is 1.16 bits per heavy atom. The molecule has 1 amide bonds. The van der Waals surface area contributed by atoms with Gasteiger partial charge in [-0.25, -0.2) is 0 Å². The monoisotopic (exact) mass is 359 g/mol. The van der Waals surface area contributed by atoms with Crippen molar-refractivity contribution >= 4 is 17.5 Å². The van der Waals surface area contributed by atoms with Gasteiger partial charge >= 0.3 is 0 Å². The Morgan fingerprint density at radius 2 is 2.00 bits per heavy atom. The normalized spacial score (nSPS) is 21.6. The smallest absolute Gasteiger partial charge is 0.249 e. The van der Waals surface area contributed by atoms with Crippen LogP contribution < -0.4 is 0 Å². The summed E-state index contributed by atoms with van der Waals surface area (Å²) in [5.41, 5.74) is 0.825. The standard InChI is InChI=1S/C19H22ClN3O2/c20-15-9-4-8-14(12-15)17-21-18(25-22-17)16-10-5-11-23(16)19(24)13-6-2-1-3-7-13/h4,8-9,12-13,16H,1-3,5-7,10-11H2. The lowest BCUT2D eigenvalue weighted by Crippen LogP contribution is -2.36. The molecular weight excluding hydrogens is 338 g/mol. The molecule has 1 saturated heterocycles. The van der Waals surface area contributed by atoms with Crippen molar-refractivity contribution < 1.29 is 9.32 Å². The van der Waals surface area contributed by atoms with Crippen LogP contribution in [0.15, 0.2) is 28.8 Å². The molecule has 0 N–H and O–H groups in total. The molecule has 0 radical (unpaired) electrons. The molecule has 1 aliphatic heterocycles. The summed E-state index contributed by atoms with van der Waals surface area (Å²) >= 11 is 6.04. The van der Waals surface area contributed by atoms with E-state index < -0.39 is 0 Å². The summed E-state index contributed by atoms with van der Waals surface area (Å²) < 4.78 is 5.51. The van der Waals surface area contributed by atoms with Crippen molar-refractivity contribution in [2.45, 2.75) is 51.0 Å². The molecule has 1 aliphatic carbocycles. The minimum atomic E-state index is -0.0881. The van der Waals surface area contributed by atoms with Gasteiger partial charge in [0.1, 0.15) is 6.04 Å². The molecular formula is C19H22ClN3O2. The highest BCUT2D eigenvalue weighted by molar-refractivity contribution is 6.30. The molecule has 5 nitrogen and oxygen atoms in total. The number of hydrogen-bond acceptors (Lipinski definition) is 4. The van der Waals surface area contributed by atoms with E-state index in [9.17, 15) is 4.79 Å². The van der Waals surface area contributed by atoms with Crippen LogP contribution in [0.2, 0.25) is 5.02 Å². The lowest BCUT2D eigenvalue weighted by molar-refractivity contribution is -0.138. The van der Waals surface area contributed by atoms with Gasteiger partial charge in [-0.2, -0.15) is 4.98 Å². The largest absolute Gasteiger partial charge is 0.337 e. The van der Waals surface area contributed by atoms with Crippen LogP contribution in [0.5, 0.6) is 0 Å². The van der Waals surface area contributed by atoms with E-state index in [-0.39, 0.29) is 17.9 Å². The van der Waals surface area contributed by atoms with E-state index in [2.05, 4.69) is 10.1 Å². The molecule has 25 heavy (non-hydrogen) atoms. The highest BCUT2D eigenvalue weighted by Crippen LogP contribution is 2.35. The molecule has 1 atom stereocenters. The Morgan fingerprint density at radius 3 is 2.80 bits per heavy atom. The van der Waals surface area contributed by atoms with Crippen LogP contribution >= 0.6 is 11.6 Å². The molecule has 1 aromatic carbocycles. The molecule has 0 bridgehead atoms. The first kappa shape index (κ1) is 16.6. The van der Waals surface area contributed by atoms with Gasteiger partial charge in [-0.05, 0) is 37.8 Å². The fourth-order valence-electron chi connectivity index (χ4n) is 3.99. The molecule has 2 aliphatic rings. The maximum atomic E-state index is 12.9. The van der Waals surface area contributed by atoms with Crippen LogP contribution in [0.1, 0.15) is 56.9 Å². The fraction of sp³-hybridized carbons (Fsp3) is 0.526. The van der Waals surface area contributed by atoms with E-state index >= 15 is 0 Å². The van der Waals surface area contributed by atoms with Crippen LogP contribution in [-0.4, -0.2) is 27.5 Å². The van der Waals surface area contributed by atoms with Gasteiger partial charge in [-0.15, -0.1) is 0 Å². The Balaban J connectivity index is 1.53. The number of carbonyl (C=O) groups is 1. The number of nitrogens with zero attached hydrogens (tertiary/aromatic N) is 3. The number of rotatable bonds is 3. The van der Waals surface area contributed by atoms with Gasteiger partial charge in [0.2, 0.25) is 17.6 Å². The average molecular weight is 360 g/mol. The van der Waals surface area contributed by atoms with Crippen molar-refractivity contribution in [3.05, 3.63) is 35.2 Å². The average Bonchev–Trinajstić information content (AvgIpc) is 3.31.